The quantitative estimate of drug-likeness (QED) is 0.164. The predicted molar refractivity (Wildman–Crippen MR) is 120 cm³/mol. The Balaban J connectivity index is -0.00000231. The van der Waals surface area contributed by atoms with Gasteiger partial charge in [-0.15, -0.1) is 0 Å². The van der Waals surface area contributed by atoms with Crippen molar-refractivity contribution in [3.05, 3.63) is 0 Å². The molecule has 3 aliphatic heterocycles. The Morgan fingerprint density at radius 3 is 1.14 bits per heavy atom. The van der Waals surface area contributed by atoms with Gasteiger partial charge in [0, 0.05) is 7.11 Å². The summed E-state index contributed by atoms with van der Waals surface area (Å²) in [5.74, 6) is 0. The van der Waals surface area contributed by atoms with Crippen LogP contribution >= 0.6 is 0 Å². The minimum Gasteiger partial charge on any atom is -0.412 e. The molecule has 0 amide bonds. The van der Waals surface area contributed by atoms with Crippen LogP contribution in [0.1, 0.15) is 20.8 Å². The van der Waals surface area contributed by atoms with E-state index in [0.29, 0.717) is 0 Å². The highest BCUT2D eigenvalue weighted by Gasteiger charge is 2.53. The summed E-state index contributed by atoms with van der Waals surface area (Å²) < 4.78 is 33.4. The molecule has 3 saturated heterocycles. The molecular weight excluding hydrogens is 516 g/mol. The zero-order valence-corrected chi connectivity index (χ0v) is 20.7. The standard InChI is InChI=1S/C19H34O13.5H2O/c1-5-8(20)11(23)13(25)17(28-5)31-15-10(22)7(3)30-19(27-4)16(15)32-18-14(26)12(24)9(21)6(2)29-18;;;;;/h5-26H,1-4H3;5*1H2/t5-,6-,7-,8-,9-,10-,11+,12+,13+,14+,15+,16+,17-,18-,19+;;;;;/m0...../s1. The topological polar surface area (TPSA) is 354 Å². The number of hydrogen-bond donors (Lipinski definition) is 7. The second-order valence-electron chi connectivity index (χ2n) is 8.50. The fraction of sp³-hybridized carbons (Fsp3) is 1.00. The van der Waals surface area contributed by atoms with Crippen molar-refractivity contribution in [2.75, 3.05) is 7.11 Å². The van der Waals surface area contributed by atoms with E-state index in [1.807, 2.05) is 0 Å². The van der Waals surface area contributed by atoms with Crippen LogP contribution in [0.5, 0.6) is 0 Å². The molecule has 0 aromatic rings. The molecule has 37 heavy (non-hydrogen) atoms. The van der Waals surface area contributed by atoms with E-state index < -0.39 is 92.1 Å². The number of rotatable bonds is 5. The molecule has 3 fully saturated rings. The first-order valence-electron chi connectivity index (χ1n) is 10.5. The second-order valence-corrected chi connectivity index (χ2v) is 8.50. The summed E-state index contributed by atoms with van der Waals surface area (Å²) >= 11 is 0. The molecule has 0 saturated carbocycles. The Hall–Kier alpha value is -0.720. The molecule has 17 N–H and O–H groups in total. The van der Waals surface area contributed by atoms with Gasteiger partial charge < -0.3 is 91.5 Å². The molecule has 0 aromatic heterocycles. The number of hydrogen-bond acceptors (Lipinski definition) is 13. The van der Waals surface area contributed by atoms with Crippen LogP contribution in [0.2, 0.25) is 0 Å². The molecule has 15 atom stereocenters. The van der Waals surface area contributed by atoms with Gasteiger partial charge >= 0.3 is 0 Å². The molecule has 18 nitrogen and oxygen atoms in total. The van der Waals surface area contributed by atoms with Crippen molar-refractivity contribution >= 4 is 0 Å². The smallest absolute Gasteiger partial charge is 0.187 e. The predicted octanol–water partition coefficient (Wildman–Crippen LogP) is -7.96. The molecule has 0 aliphatic carbocycles. The molecule has 0 radical (unpaired) electrons. The third-order valence-corrected chi connectivity index (χ3v) is 6.19. The average Bonchev–Trinajstić information content (AvgIpc) is 2.76. The van der Waals surface area contributed by atoms with Crippen LogP contribution in [0.25, 0.3) is 0 Å². The van der Waals surface area contributed by atoms with Crippen molar-refractivity contribution in [2.45, 2.75) is 113 Å². The van der Waals surface area contributed by atoms with E-state index in [2.05, 4.69) is 0 Å². The first kappa shape index (κ1) is 40.8. The number of methoxy groups -OCH3 is 1. The van der Waals surface area contributed by atoms with E-state index >= 15 is 0 Å². The highest BCUT2D eigenvalue weighted by molar-refractivity contribution is 4.95. The summed E-state index contributed by atoms with van der Waals surface area (Å²) in [6, 6.07) is 0. The maximum atomic E-state index is 10.7. The largest absolute Gasteiger partial charge is 0.412 e. The van der Waals surface area contributed by atoms with Gasteiger partial charge in [-0.3, -0.25) is 0 Å². The number of ether oxygens (including phenoxy) is 6. The van der Waals surface area contributed by atoms with E-state index in [0.717, 1.165) is 0 Å². The first-order chi connectivity index (χ1) is 15.0. The van der Waals surface area contributed by atoms with Crippen LogP contribution < -0.4 is 0 Å². The lowest BCUT2D eigenvalue weighted by Crippen LogP contribution is -2.65. The maximum Gasteiger partial charge on any atom is 0.187 e. The highest BCUT2D eigenvalue weighted by Crippen LogP contribution is 2.33. The van der Waals surface area contributed by atoms with Crippen molar-refractivity contribution in [3.8, 4) is 0 Å². The van der Waals surface area contributed by atoms with E-state index in [4.69, 9.17) is 28.4 Å². The minimum atomic E-state index is -1.64. The van der Waals surface area contributed by atoms with E-state index in [-0.39, 0.29) is 27.4 Å². The van der Waals surface area contributed by atoms with Crippen LogP contribution in [0, 0.1) is 0 Å². The van der Waals surface area contributed by atoms with Gasteiger partial charge in [-0.05, 0) is 20.8 Å². The summed E-state index contributed by atoms with van der Waals surface area (Å²) in [7, 11) is 1.32. The molecule has 228 valence electrons. The fourth-order valence-corrected chi connectivity index (χ4v) is 4.04. The van der Waals surface area contributed by atoms with Crippen molar-refractivity contribution in [1.82, 2.24) is 0 Å². The van der Waals surface area contributed by atoms with Crippen LogP contribution in [-0.4, -0.2) is 162 Å². The Kier molecular flexibility index (Phi) is 18.1. The summed E-state index contributed by atoms with van der Waals surface area (Å²) in [6.07, 6.45) is -19.5. The van der Waals surface area contributed by atoms with Gasteiger partial charge in [-0.1, -0.05) is 0 Å². The lowest BCUT2D eigenvalue weighted by molar-refractivity contribution is -0.385. The zero-order chi connectivity index (χ0) is 23.9. The third-order valence-electron chi connectivity index (χ3n) is 6.19. The molecule has 3 aliphatic rings. The summed E-state index contributed by atoms with van der Waals surface area (Å²) in [6.45, 7) is 4.51. The van der Waals surface area contributed by atoms with Gasteiger partial charge in [0.2, 0.25) is 0 Å². The third kappa shape index (κ3) is 8.14. The van der Waals surface area contributed by atoms with Crippen LogP contribution in [0.3, 0.4) is 0 Å². The zero-order valence-electron chi connectivity index (χ0n) is 20.7. The lowest BCUT2D eigenvalue weighted by atomic mass is 9.96. The molecule has 3 heterocycles. The lowest BCUT2D eigenvalue weighted by Gasteiger charge is -2.48. The van der Waals surface area contributed by atoms with E-state index in [1.165, 1.54) is 21.0 Å². The summed E-state index contributed by atoms with van der Waals surface area (Å²) in [5.41, 5.74) is 0. The van der Waals surface area contributed by atoms with Crippen LogP contribution in [0.15, 0.2) is 0 Å². The molecule has 0 spiro atoms. The van der Waals surface area contributed by atoms with Crippen molar-refractivity contribution in [1.29, 1.82) is 0 Å². The normalized spacial score (nSPS) is 47.6. The monoisotopic (exact) mass is 560 g/mol. The highest BCUT2D eigenvalue weighted by atomic mass is 16.8. The average molecular weight is 561 g/mol. The number of aliphatic hydroxyl groups is 7. The van der Waals surface area contributed by atoms with Gasteiger partial charge in [0.25, 0.3) is 0 Å². The van der Waals surface area contributed by atoms with Gasteiger partial charge in [0.15, 0.2) is 18.9 Å². The van der Waals surface area contributed by atoms with Crippen molar-refractivity contribution in [3.63, 3.8) is 0 Å². The van der Waals surface area contributed by atoms with Gasteiger partial charge in [-0.25, -0.2) is 0 Å². The number of aliphatic hydroxyl groups excluding tert-OH is 7. The molecular formula is C19H44O18. The van der Waals surface area contributed by atoms with E-state index in [9.17, 15) is 35.7 Å². The molecule has 0 aromatic carbocycles. The first-order valence-corrected chi connectivity index (χ1v) is 10.5. The van der Waals surface area contributed by atoms with Gasteiger partial charge in [-0.2, -0.15) is 0 Å². The Labute approximate surface area is 212 Å². The Morgan fingerprint density at radius 1 is 0.432 bits per heavy atom. The minimum absolute atomic E-state index is 0. The molecule has 0 bridgehead atoms. The van der Waals surface area contributed by atoms with Crippen LogP contribution in [0.4, 0.5) is 0 Å². The fourth-order valence-electron chi connectivity index (χ4n) is 4.04. The van der Waals surface area contributed by atoms with Crippen molar-refractivity contribution < 1.29 is 91.5 Å². The molecule has 3 rings (SSSR count). The Bertz CT molecular complexity index is 580. The SMILES string of the molecule is CO[C@@H]1O[C@@H](C)[C@H](O)[C@@H](O[C@@H]2O[C@@H](C)[C@H](O)[C@@H](O)[C@H]2O)[C@H]1O[C@@H]1O[C@@H](C)[C@H](O)[C@@H](O)[C@H]1O.O.O.O.O.O. The molecule has 0 unspecified atom stereocenters. The summed E-state index contributed by atoms with van der Waals surface area (Å²) in [4.78, 5) is 0. The Morgan fingerprint density at radius 2 is 0.757 bits per heavy atom. The van der Waals surface area contributed by atoms with Crippen LogP contribution in [-0.2, 0) is 28.4 Å². The summed E-state index contributed by atoms with van der Waals surface area (Å²) in [5, 5.41) is 71.3. The second kappa shape index (κ2) is 16.4. The van der Waals surface area contributed by atoms with E-state index in [1.54, 1.807) is 6.92 Å². The van der Waals surface area contributed by atoms with Crippen molar-refractivity contribution in [2.24, 2.45) is 0 Å². The van der Waals surface area contributed by atoms with Gasteiger partial charge in [0.05, 0.1) is 18.3 Å². The van der Waals surface area contributed by atoms with Gasteiger partial charge in [0.1, 0.15) is 54.9 Å². The maximum absolute atomic E-state index is 10.7. The molecule has 18 heteroatoms.